The van der Waals surface area contributed by atoms with E-state index in [1.807, 2.05) is 30.3 Å². The molecular weight excluding hydrogens is 228 g/mol. The first kappa shape index (κ1) is 12.5. The Labute approximate surface area is 106 Å². The van der Waals surface area contributed by atoms with E-state index in [0.717, 1.165) is 5.56 Å². The molecule has 4 heteroatoms. The van der Waals surface area contributed by atoms with Gasteiger partial charge in [-0.15, -0.1) is 0 Å². The van der Waals surface area contributed by atoms with Crippen LogP contribution in [0.25, 0.3) is 0 Å². The number of pyridine rings is 1. The Hall–Kier alpha value is -1.91. The number of nitrogens with zero attached hydrogens (tertiary/aromatic N) is 1. The molecule has 4 nitrogen and oxygen atoms in total. The van der Waals surface area contributed by atoms with Gasteiger partial charge in [0, 0.05) is 25.2 Å². The van der Waals surface area contributed by atoms with E-state index in [1.165, 1.54) is 18.0 Å². The topological polar surface area (TPSA) is 59.2 Å². The number of aliphatic hydroxyl groups excluding tert-OH is 1. The Bertz CT molecular complexity index is 471. The van der Waals surface area contributed by atoms with Crippen LogP contribution in [-0.4, -0.2) is 11.7 Å². The summed E-state index contributed by atoms with van der Waals surface area (Å²) in [4.78, 5) is 0. The van der Waals surface area contributed by atoms with Crippen LogP contribution in [0.2, 0.25) is 0 Å². The lowest BCUT2D eigenvalue weighted by Gasteiger charge is -2.11. The molecule has 1 unspecified atom stereocenters. The maximum Gasteiger partial charge on any atom is 0.180 e. The fourth-order valence-electron chi connectivity index (χ4n) is 1.71. The summed E-state index contributed by atoms with van der Waals surface area (Å²) in [6, 6.07) is 13.3. The van der Waals surface area contributed by atoms with Crippen LogP contribution in [0, 0.1) is 5.21 Å². The molecular formula is C14H16N2O2. The van der Waals surface area contributed by atoms with Crippen LogP contribution in [0.3, 0.4) is 0 Å². The van der Waals surface area contributed by atoms with Crippen LogP contribution in [0.1, 0.15) is 17.2 Å². The Morgan fingerprint density at radius 2 is 1.78 bits per heavy atom. The molecule has 0 aliphatic heterocycles. The second kappa shape index (κ2) is 6.14. The summed E-state index contributed by atoms with van der Waals surface area (Å²) >= 11 is 0. The maximum absolute atomic E-state index is 10.9. The Balaban J connectivity index is 1.81. The van der Waals surface area contributed by atoms with Crippen molar-refractivity contribution >= 4 is 0 Å². The van der Waals surface area contributed by atoms with Crippen molar-refractivity contribution in [3.8, 4) is 0 Å². The average Bonchev–Trinajstić information content (AvgIpc) is 2.40. The first-order chi connectivity index (χ1) is 8.75. The molecule has 1 atom stereocenters. The first-order valence-corrected chi connectivity index (χ1v) is 5.87. The third kappa shape index (κ3) is 3.55. The molecule has 0 aliphatic rings. The van der Waals surface area contributed by atoms with E-state index >= 15 is 0 Å². The molecule has 18 heavy (non-hydrogen) atoms. The molecule has 0 spiro atoms. The molecule has 0 fully saturated rings. The van der Waals surface area contributed by atoms with Crippen LogP contribution in [0.5, 0.6) is 0 Å². The smallest absolute Gasteiger partial charge is 0.180 e. The van der Waals surface area contributed by atoms with Gasteiger partial charge in [-0.3, -0.25) is 0 Å². The molecule has 2 rings (SSSR count). The molecule has 2 aromatic rings. The largest absolute Gasteiger partial charge is 0.619 e. The molecule has 1 aromatic heterocycles. The minimum atomic E-state index is -0.602. The van der Waals surface area contributed by atoms with Gasteiger partial charge in [-0.2, -0.15) is 4.73 Å². The summed E-state index contributed by atoms with van der Waals surface area (Å²) < 4.78 is 0.702. The van der Waals surface area contributed by atoms with Crippen molar-refractivity contribution in [3.05, 3.63) is 71.2 Å². The quantitative estimate of drug-likeness (QED) is 0.612. The highest BCUT2D eigenvalue weighted by Crippen LogP contribution is 2.09. The van der Waals surface area contributed by atoms with E-state index in [1.54, 1.807) is 12.1 Å². The lowest BCUT2D eigenvalue weighted by atomic mass is 10.1. The molecule has 0 aliphatic carbocycles. The molecule has 0 amide bonds. The number of hydrogen-bond donors (Lipinski definition) is 2. The molecule has 94 valence electrons. The van der Waals surface area contributed by atoms with Gasteiger partial charge in [0.25, 0.3) is 0 Å². The summed E-state index contributed by atoms with van der Waals surface area (Å²) in [5.41, 5.74) is 1.91. The second-order valence-electron chi connectivity index (χ2n) is 4.12. The van der Waals surface area contributed by atoms with Gasteiger partial charge in [0.15, 0.2) is 12.4 Å². The SMILES string of the molecule is [O-][n+]1ccc(C(O)CNCc2ccccc2)cc1. The second-order valence-corrected chi connectivity index (χ2v) is 4.12. The molecule has 1 heterocycles. The summed E-state index contributed by atoms with van der Waals surface area (Å²) in [6.45, 7) is 1.17. The zero-order valence-corrected chi connectivity index (χ0v) is 9.99. The van der Waals surface area contributed by atoms with E-state index in [0.29, 0.717) is 17.8 Å². The number of hydrogen-bond acceptors (Lipinski definition) is 3. The molecule has 0 bridgehead atoms. The van der Waals surface area contributed by atoms with E-state index in [2.05, 4.69) is 5.32 Å². The highest BCUT2D eigenvalue weighted by molar-refractivity contribution is 5.15. The van der Waals surface area contributed by atoms with Crippen molar-refractivity contribution in [1.29, 1.82) is 0 Å². The molecule has 1 aromatic carbocycles. The molecule has 0 saturated carbocycles. The lowest BCUT2D eigenvalue weighted by Crippen LogP contribution is -2.25. The van der Waals surface area contributed by atoms with Crippen molar-refractivity contribution in [1.82, 2.24) is 5.32 Å². The predicted octanol–water partition coefficient (Wildman–Crippen LogP) is 1.14. The van der Waals surface area contributed by atoms with Crippen molar-refractivity contribution in [3.63, 3.8) is 0 Å². The van der Waals surface area contributed by atoms with Crippen LogP contribution >= 0.6 is 0 Å². The maximum atomic E-state index is 10.9. The number of aromatic nitrogens is 1. The van der Waals surface area contributed by atoms with Crippen LogP contribution < -0.4 is 10.0 Å². The van der Waals surface area contributed by atoms with E-state index in [9.17, 15) is 10.3 Å². The summed E-state index contributed by atoms with van der Waals surface area (Å²) in [6.07, 6.45) is 2.17. The van der Waals surface area contributed by atoms with Gasteiger partial charge in [-0.05, 0) is 11.1 Å². The summed E-state index contributed by atoms with van der Waals surface area (Å²) in [5.74, 6) is 0. The fourth-order valence-corrected chi connectivity index (χ4v) is 1.71. The molecule has 2 N–H and O–H groups in total. The minimum Gasteiger partial charge on any atom is -0.619 e. The average molecular weight is 244 g/mol. The third-order valence-corrected chi connectivity index (χ3v) is 2.72. The normalized spacial score (nSPS) is 12.3. The Kier molecular flexibility index (Phi) is 4.28. The number of nitrogens with one attached hydrogen (secondary N) is 1. The van der Waals surface area contributed by atoms with Gasteiger partial charge in [-0.25, -0.2) is 0 Å². The lowest BCUT2D eigenvalue weighted by molar-refractivity contribution is -0.605. The van der Waals surface area contributed by atoms with Gasteiger partial charge in [0.05, 0.1) is 6.10 Å². The Morgan fingerprint density at radius 3 is 2.44 bits per heavy atom. The standard InChI is InChI=1S/C14H16N2O2/c17-14(13-6-8-16(18)9-7-13)11-15-10-12-4-2-1-3-5-12/h1-9,14-15,17H,10-11H2. The van der Waals surface area contributed by atoms with Gasteiger partial charge < -0.3 is 15.6 Å². The van der Waals surface area contributed by atoms with Crippen molar-refractivity contribution < 1.29 is 9.84 Å². The zero-order chi connectivity index (χ0) is 12.8. The van der Waals surface area contributed by atoms with Crippen LogP contribution in [0.15, 0.2) is 54.9 Å². The van der Waals surface area contributed by atoms with Crippen molar-refractivity contribution in [2.45, 2.75) is 12.6 Å². The molecule has 0 saturated heterocycles. The highest BCUT2D eigenvalue weighted by Gasteiger charge is 2.07. The van der Waals surface area contributed by atoms with Gasteiger partial charge in [0.2, 0.25) is 0 Å². The van der Waals surface area contributed by atoms with Crippen LogP contribution in [0.4, 0.5) is 0 Å². The number of rotatable bonds is 5. The van der Waals surface area contributed by atoms with Gasteiger partial charge >= 0.3 is 0 Å². The van der Waals surface area contributed by atoms with Crippen molar-refractivity contribution in [2.24, 2.45) is 0 Å². The third-order valence-electron chi connectivity index (χ3n) is 2.72. The summed E-state index contributed by atoms with van der Waals surface area (Å²) in [7, 11) is 0. The predicted molar refractivity (Wildman–Crippen MR) is 68.5 cm³/mol. The van der Waals surface area contributed by atoms with Crippen LogP contribution in [-0.2, 0) is 6.54 Å². The monoisotopic (exact) mass is 244 g/mol. The van der Waals surface area contributed by atoms with E-state index in [4.69, 9.17) is 0 Å². The highest BCUT2D eigenvalue weighted by atomic mass is 16.5. The minimum absolute atomic E-state index is 0.456. The summed E-state index contributed by atoms with van der Waals surface area (Å²) in [5, 5.41) is 24.0. The number of benzene rings is 1. The Morgan fingerprint density at radius 1 is 1.11 bits per heavy atom. The number of aliphatic hydroxyl groups is 1. The van der Waals surface area contributed by atoms with Gasteiger partial charge in [0.1, 0.15) is 0 Å². The van der Waals surface area contributed by atoms with Crippen molar-refractivity contribution in [2.75, 3.05) is 6.54 Å². The fraction of sp³-hybridized carbons (Fsp3) is 0.214. The zero-order valence-electron chi connectivity index (χ0n) is 9.99. The molecule has 0 radical (unpaired) electrons. The first-order valence-electron chi connectivity index (χ1n) is 5.87. The van der Waals surface area contributed by atoms with E-state index < -0.39 is 6.10 Å². The van der Waals surface area contributed by atoms with E-state index in [-0.39, 0.29) is 0 Å². The van der Waals surface area contributed by atoms with Gasteiger partial charge in [-0.1, -0.05) is 30.3 Å².